The molecule has 0 heterocycles. The Morgan fingerprint density at radius 3 is 2.33 bits per heavy atom. The van der Waals surface area contributed by atoms with Crippen LogP contribution in [0, 0.1) is 6.92 Å². The highest BCUT2D eigenvalue weighted by Gasteiger charge is 2.13. The summed E-state index contributed by atoms with van der Waals surface area (Å²) in [6.45, 7) is 10.8. The van der Waals surface area contributed by atoms with Crippen LogP contribution in [0.15, 0.2) is 47.4 Å². The second kappa shape index (κ2) is 7.89. The third-order valence-electron chi connectivity index (χ3n) is 4.09. The number of para-hydroxylation sites is 1. The smallest absolute Gasteiger partial charge is 0.234 e. The minimum atomic E-state index is 0.0453. The molecular formula is C21H27NOS. The van der Waals surface area contributed by atoms with Gasteiger partial charge in [-0.1, -0.05) is 58.0 Å². The summed E-state index contributed by atoms with van der Waals surface area (Å²) in [5, 5.41) is 3.08. The highest BCUT2D eigenvalue weighted by atomic mass is 32.2. The molecule has 2 nitrogen and oxygen atoms in total. The van der Waals surface area contributed by atoms with E-state index in [0.717, 1.165) is 22.6 Å². The van der Waals surface area contributed by atoms with Crippen LogP contribution in [-0.4, -0.2) is 11.7 Å². The summed E-state index contributed by atoms with van der Waals surface area (Å²) < 4.78 is 0. The topological polar surface area (TPSA) is 29.1 Å². The molecular weight excluding hydrogens is 314 g/mol. The molecule has 0 saturated carbocycles. The second-order valence-corrected chi connectivity index (χ2v) is 8.12. The summed E-state index contributed by atoms with van der Waals surface area (Å²) in [5.74, 6) is 0.468. The predicted octanol–water partition coefficient (Wildman–Crippen LogP) is 5.59. The predicted molar refractivity (Wildman–Crippen MR) is 105 cm³/mol. The quantitative estimate of drug-likeness (QED) is 0.719. The van der Waals surface area contributed by atoms with Crippen molar-refractivity contribution in [2.75, 3.05) is 11.1 Å². The number of thioether (sulfide) groups is 1. The van der Waals surface area contributed by atoms with Crippen molar-refractivity contribution < 1.29 is 4.79 Å². The summed E-state index contributed by atoms with van der Waals surface area (Å²) in [4.78, 5) is 13.4. The standard InChI is InChI=1S/C21H27NOS/c1-6-16-9-7-8-15(2)20(16)22-19(23)14-24-18-12-10-17(11-13-18)21(3,4)5/h7-13H,6,14H2,1-5H3,(H,22,23). The van der Waals surface area contributed by atoms with Crippen LogP contribution in [-0.2, 0) is 16.6 Å². The fourth-order valence-electron chi connectivity index (χ4n) is 2.58. The highest BCUT2D eigenvalue weighted by Crippen LogP contribution is 2.26. The van der Waals surface area contributed by atoms with Gasteiger partial charge in [0, 0.05) is 10.6 Å². The molecule has 0 bridgehead atoms. The highest BCUT2D eigenvalue weighted by molar-refractivity contribution is 8.00. The van der Waals surface area contributed by atoms with Gasteiger partial charge in [-0.2, -0.15) is 0 Å². The van der Waals surface area contributed by atoms with E-state index in [-0.39, 0.29) is 11.3 Å². The Hall–Kier alpha value is -1.74. The normalized spacial score (nSPS) is 11.4. The molecule has 128 valence electrons. The van der Waals surface area contributed by atoms with Gasteiger partial charge in [0.1, 0.15) is 0 Å². The van der Waals surface area contributed by atoms with E-state index in [1.165, 1.54) is 11.1 Å². The van der Waals surface area contributed by atoms with Crippen molar-refractivity contribution in [1.82, 2.24) is 0 Å². The van der Waals surface area contributed by atoms with Crippen LogP contribution >= 0.6 is 11.8 Å². The lowest BCUT2D eigenvalue weighted by molar-refractivity contribution is -0.113. The zero-order valence-corrected chi connectivity index (χ0v) is 16.1. The van der Waals surface area contributed by atoms with Crippen LogP contribution < -0.4 is 5.32 Å². The molecule has 2 aromatic rings. The van der Waals surface area contributed by atoms with E-state index in [1.54, 1.807) is 11.8 Å². The molecule has 0 aliphatic rings. The average molecular weight is 342 g/mol. The molecule has 2 aromatic carbocycles. The SMILES string of the molecule is CCc1cccc(C)c1NC(=O)CSc1ccc(C(C)(C)C)cc1. The summed E-state index contributed by atoms with van der Waals surface area (Å²) >= 11 is 1.57. The molecule has 2 rings (SSSR count). The van der Waals surface area contributed by atoms with Gasteiger partial charge in [-0.05, 0) is 47.6 Å². The van der Waals surface area contributed by atoms with Gasteiger partial charge in [0.2, 0.25) is 5.91 Å². The summed E-state index contributed by atoms with van der Waals surface area (Å²) in [7, 11) is 0. The van der Waals surface area contributed by atoms with Crippen molar-refractivity contribution in [3.63, 3.8) is 0 Å². The van der Waals surface area contributed by atoms with E-state index < -0.39 is 0 Å². The molecule has 0 fully saturated rings. The Morgan fingerprint density at radius 1 is 1.08 bits per heavy atom. The molecule has 0 aliphatic carbocycles. The van der Waals surface area contributed by atoms with Crippen LogP contribution in [0.25, 0.3) is 0 Å². The van der Waals surface area contributed by atoms with Crippen molar-refractivity contribution >= 4 is 23.4 Å². The molecule has 3 heteroatoms. The zero-order chi connectivity index (χ0) is 17.7. The monoisotopic (exact) mass is 341 g/mol. The Kier molecular flexibility index (Phi) is 6.11. The largest absolute Gasteiger partial charge is 0.325 e. The van der Waals surface area contributed by atoms with Gasteiger partial charge in [0.15, 0.2) is 0 Å². The van der Waals surface area contributed by atoms with Crippen molar-refractivity contribution in [3.05, 3.63) is 59.2 Å². The number of anilines is 1. The van der Waals surface area contributed by atoms with Crippen LogP contribution in [0.5, 0.6) is 0 Å². The fraction of sp³-hybridized carbons (Fsp3) is 0.381. The minimum absolute atomic E-state index is 0.0453. The first-order valence-electron chi connectivity index (χ1n) is 8.43. The number of nitrogens with one attached hydrogen (secondary N) is 1. The zero-order valence-electron chi connectivity index (χ0n) is 15.3. The lowest BCUT2D eigenvalue weighted by Gasteiger charge is -2.19. The van der Waals surface area contributed by atoms with E-state index in [1.807, 2.05) is 19.1 Å². The third kappa shape index (κ3) is 4.88. The summed E-state index contributed by atoms with van der Waals surface area (Å²) in [6, 6.07) is 14.6. The van der Waals surface area contributed by atoms with Crippen molar-refractivity contribution in [2.24, 2.45) is 0 Å². The lowest BCUT2D eigenvalue weighted by atomic mass is 9.87. The van der Waals surface area contributed by atoms with Gasteiger partial charge in [-0.25, -0.2) is 0 Å². The Balaban J connectivity index is 1.97. The van der Waals surface area contributed by atoms with Gasteiger partial charge >= 0.3 is 0 Å². The average Bonchev–Trinajstić information content (AvgIpc) is 2.54. The molecule has 0 radical (unpaired) electrons. The number of carbonyl (C=O) groups excluding carboxylic acids is 1. The number of rotatable bonds is 5. The molecule has 1 N–H and O–H groups in total. The first kappa shape index (κ1) is 18.6. The summed E-state index contributed by atoms with van der Waals surface area (Å²) in [6.07, 6.45) is 0.915. The van der Waals surface area contributed by atoms with Gasteiger partial charge < -0.3 is 5.32 Å². The number of carbonyl (C=O) groups is 1. The van der Waals surface area contributed by atoms with Crippen LogP contribution in [0.4, 0.5) is 5.69 Å². The van der Waals surface area contributed by atoms with E-state index in [4.69, 9.17) is 0 Å². The third-order valence-corrected chi connectivity index (χ3v) is 5.11. The first-order chi connectivity index (χ1) is 11.3. The van der Waals surface area contributed by atoms with Gasteiger partial charge in [0.05, 0.1) is 5.75 Å². The number of hydrogen-bond donors (Lipinski definition) is 1. The Labute approximate surface area is 150 Å². The lowest BCUT2D eigenvalue weighted by Crippen LogP contribution is -2.16. The molecule has 0 aromatic heterocycles. The molecule has 0 aliphatic heterocycles. The number of aryl methyl sites for hydroxylation is 2. The fourth-order valence-corrected chi connectivity index (χ4v) is 3.28. The molecule has 0 unspecified atom stereocenters. The van der Waals surface area contributed by atoms with Gasteiger partial charge in [-0.15, -0.1) is 11.8 Å². The summed E-state index contributed by atoms with van der Waals surface area (Å²) in [5.41, 5.74) is 4.73. The maximum atomic E-state index is 12.3. The van der Waals surface area contributed by atoms with Gasteiger partial charge in [-0.3, -0.25) is 4.79 Å². The van der Waals surface area contributed by atoms with Gasteiger partial charge in [0.25, 0.3) is 0 Å². The first-order valence-corrected chi connectivity index (χ1v) is 9.41. The molecule has 24 heavy (non-hydrogen) atoms. The van der Waals surface area contributed by atoms with Crippen LogP contribution in [0.3, 0.4) is 0 Å². The number of amides is 1. The number of benzene rings is 2. The van der Waals surface area contributed by atoms with Crippen LogP contribution in [0.1, 0.15) is 44.4 Å². The minimum Gasteiger partial charge on any atom is -0.325 e. The van der Waals surface area contributed by atoms with E-state index >= 15 is 0 Å². The van der Waals surface area contributed by atoms with Crippen LogP contribution in [0.2, 0.25) is 0 Å². The van der Waals surface area contributed by atoms with Crippen molar-refractivity contribution in [2.45, 2.75) is 51.3 Å². The van der Waals surface area contributed by atoms with Crippen molar-refractivity contribution in [3.8, 4) is 0 Å². The second-order valence-electron chi connectivity index (χ2n) is 7.07. The maximum absolute atomic E-state index is 12.3. The molecule has 0 saturated heterocycles. The Bertz CT molecular complexity index is 699. The maximum Gasteiger partial charge on any atom is 0.234 e. The molecule has 0 spiro atoms. The van der Waals surface area contributed by atoms with Crippen molar-refractivity contribution in [1.29, 1.82) is 0 Å². The van der Waals surface area contributed by atoms with E-state index in [2.05, 4.69) is 63.3 Å². The number of hydrogen-bond acceptors (Lipinski definition) is 2. The van der Waals surface area contributed by atoms with E-state index in [0.29, 0.717) is 5.75 Å². The van der Waals surface area contributed by atoms with E-state index in [9.17, 15) is 4.79 Å². The molecule has 1 amide bonds. The molecule has 0 atom stereocenters. The Morgan fingerprint density at radius 2 is 1.75 bits per heavy atom.